The summed E-state index contributed by atoms with van der Waals surface area (Å²) in [6.45, 7) is 13.6. The molecule has 1 aromatic rings. The first-order valence-electron chi connectivity index (χ1n) is 10.4. The molecule has 1 nitrogen and oxygen atoms in total. The van der Waals surface area contributed by atoms with E-state index in [0.29, 0.717) is 5.92 Å². The van der Waals surface area contributed by atoms with Crippen molar-refractivity contribution in [3.63, 3.8) is 0 Å². The van der Waals surface area contributed by atoms with Gasteiger partial charge in [0.05, 0.1) is 6.61 Å². The highest BCUT2D eigenvalue weighted by molar-refractivity contribution is 14.1. The number of halogens is 1. The lowest BCUT2D eigenvalue weighted by Gasteiger charge is -2.42. The summed E-state index contributed by atoms with van der Waals surface area (Å²) in [5.74, 6) is 0.540. The molecule has 0 saturated carbocycles. The van der Waals surface area contributed by atoms with Crippen molar-refractivity contribution in [2.45, 2.75) is 60.3 Å². The summed E-state index contributed by atoms with van der Waals surface area (Å²) in [5, 5.41) is 8.94. The Kier molecular flexibility index (Phi) is 8.72. The third-order valence-corrected chi connectivity index (χ3v) is 6.76. The standard InChI is InChI=1S/C27H35IO/c1-19(8-7-9-20(2)16-17-29)10-14-25-21(3)11-15-26(27(25,5)6)24-13-12-23(28)18-22(24)4/h7-10,12-14,16,18,26,29H,11,15,17H2,1-6H3/b9-7+,14-10+,19-8+,20-16+. The third-order valence-electron chi connectivity index (χ3n) is 6.08. The van der Waals surface area contributed by atoms with E-state index in [2.05, 4.69) is 93.6 Å². The van der Waals surface area contributed by atoms with Crippen molar-refractivity contribution >= 4 is 22.6 Å². The number of aryl methyl sites for hydroxylation is 1. The first-order chi connectivity index (χ1) is 13.7. The molecule has 1 aliphatic rings. The average molecular weight is 502 g/mol. The number of aliphatic hydroxyl groups excluding tert-OH is 1. The van der Waals surface area contributed by atoms with Gasteiger partial charge < -0.3 is 5.11 Å². The smallest absolute Gasteiger partial charge is 0.0617 e. The van der Waals surface area contributed by atoms with Gasteiger partial charge in [0.25, 0.3) is 0 Å². The van der Waals surface area contributed by atoms with Crippen LogP contribution >= 0.6 is 22.6 Å². The fourth-order valence-electron chi connectivity index (χ4n) is 4.36. The lowest BCUT2D eigenvalue weighted by molar-refractivity contribution is 0.314. The fraction of sp³-hybridized carbons (Fsp3) is 0.407. The summed E-state index contributed by atoms with van der Waals surface area (Å²) in [5.41, 5.74) is 8.29. The molecule has 0 amide bonds. The Morgan fingerprint density at radius 1 is 1.17 bits per heavy atom. The molecule has 1 aliphatic carbocycles. The van der Waals surface area contributed by atoms with Gasteiger partial charge in [-0.15, -0.1) is 0 Å². The van der Waals surface area contributed by atoms with Gasteiger partial charge in [0.2, 0.25) is 0 Å². The first kappa shape index (κ1) is 23.9. The van der Waals surface area contributed by atoms with Crippen LogP contribution in [-0.4, -0.2) is 11.7 Å². The van der Waals surface area contributed by atoms with E-state index >= 15 is 0 Å². The molecule has 0 heterocycles. The van der Waals surface area contributed by atoms with E-state index in [0.717, 1.165) is 12.0 Å². The van der Waals surface area contributed by atoms with Crippen LogP contribution in [0.5, 0.6) is 0 Å². The molecule has 0 spiro atoms. The highest BCUT2D eigenvalue weighted by Gasteiger charge is 2.37. The van der Waals surface area contributed by atoms with Crippen LogP contribution in [0.1, 0.15) is 64.5 Å². The summed E-state index contributed by atoms with van der Waals surface area (Å²) >= 11 is 2.40. The van der Waals surface area contributed by atoms with E-state index in [-0.39, 0.29) is 12.0 Å². The highest BCUT2D eigenvalue weighted by Crippen LogP contribution is 2.51. The van der Waals surface area contributed by atoms with Crippen LogP contribution in [0.4, 0.5) is 0 Å². The largest absolute Gasteiger partial charge is 0.392 e. The molecular formula is C27H35IO. The summed E-state index contributed by atoms with van der Waals surface area (Å²) in [6.07, 6.45) is 14.9. The second kappa shape index (κ2) is 10.6. The van der Waals surface area contributed by atoms with Gasteiger partial charge in [-0.2, -0.15) is 0 Å². The van der Waals surface area contributed by atoms with Crippen molar-refractivity contribution in [1.82, 2.24) is 0 Å². The van der Waals surface area contributed by atoms with Gasteiger partial charge in [-0.1, -0.05) is 73.1 Å². The van der Waals surface area contributed by atoms with Gasteiger partial charge in [-0.3, -0.25) is 0 Å². The summed E-state index contributed by atoms with van der Waals surface area (Å²) in [6, 6.07) is 6.88. The Bertz CT molecular complexity index is 878. The van der Waals surface area contributed by atoms with Crippen molar-refractivity contribution < 1.29 is 5.11 Å². The molecule has 0 aliphatic heterocycles. The molecule has 29 heavy (non-hydrogen) atoms. The van der Waals surface area contributed by atoms with Gasteiger partial charge in [-0.25, -0.2) is 0 Å². The van der Waals surface area contributed by atoms with Crippen LogP contribution in [-0.2, 0) is 0 Å². The topological polar surface area (TPSA) is 20.2 Å². The van der Waals surface area contributed by atoms with Crippen LogP contribution in [0.3, 0.4) is 0 Å². The van der Waals surface area contributed by atoms with E-state index in [4.69, 9.17) is 5.11 Å². The average Bonchev–Trinajstić information content (AvgIpc) is 2.62. The maximum atomic E-state index is 8.94. The van der Waals surface area contributed by atoms with Gasteiger partial charge in [0, 0.05) is 3.57 Å². The zero-order chi connectivity index (χ0) is 21.6. The Balaban J connectivity index is 2.27. The van der Waals surface area contributed by atoms with E-state index in [1.54, 1.807) is 6.08 Å². The van der Waals surface area contributed by atoms with Crippen LogP contribution < -0.4 is 0 Å². The van der Waals surface area contributed by atoms with Crippen molar-refractivity contribution in [3.05, 3.63) is 91.6 Å². The monoisotopic (exact) mass is 502 g/mol. The van der Waals surface area contributed by atoms with Crippen LogP contribution in [0.15, 0.2) is 76.9 Å². The molecule has 0 bridgehead atoms. The number of aliphatic hydroxyl groups is 1. The quantitative estimate of drug-likeness (QED) is 0.311. The molecule has 0 aromatic heterocycles. The number of allylic oxidation sites excluding steroid dienone is 9. The predicted molar refractivity (Wildman–Crippen MR) is 135 cm³/mol. The lowest BCUT2D eigenvalue weighted by atomic mass is 9.62. The number of hydrogen-bond acceptors (Lipinski definition) is 1. The molecule has 156 valence electrons. The molecule has 2 rings (SSSR count). The predicted octanol–water partition coefficient (Wildman–Crippen LogP) is 7.82. The lowest BCUT2D eigenvalue weighted by Crippen LogP contribution is -2.29. The Morgan fingerprint density at radius 2 is 1.90 bits per heavy atom. The number of rotatable bonds is 6. The minimum atomic E-state index is 0.0858. The normalized spacial score (nSPS) is 20.9. The Labute approximate surface area is 191 Å². The molecule has 1 N–H and O–H groups in total. The van der Waals surface area contributed by atoms with Crippen molar-refractivity contribution in [3.8, 4) is 0 Å². The fourth-order valence-corrected chi connectivity index (χ4v) is 5.01. The molecule has 0 fully saturated rings. The molecular weight excluding hydrogens is 467 g/mol. The first-order valence-corrected chi connectivity index (χ1v) is 11.5. The zero-order valence-corrected chi connectivity index (χ0v) is 20.9. The van der Waals surface area contributed by atoms with Crippen LogP contribution in [0.2, 0.25) is 0 Å². The van der Waals surface area contributed by atoms with Crippen molar-refractivity contribution in [1.29, 1.82) is 0 Å². The Morgan fingerprint density at radius 3 is 2.55 bits per heavy atom. The SMILES string of the molecule is CC1=C(/C=C/C(C)=C/C=C/C(C)=C/CO)C(C)(C)C(c2ccc(I)cc2C)CC1. The molecule has 1 atom stereocenters. The summed E-state index contributed by atoms with van der Waals surface area (Å²) in [4.78, 5) is 0. The van der Waals surface area contributed by atoms with Crippen LogP contribution in [0.25, 0.3) is 0 Å². The molecule has 0 saturated heterocycles. The second-order valence-electron chi connectivity index (χ2n) is 8.74. The minimum Gasteiger partial charge on any atom is -0.392 e. The van der Waals surface area contributed by atoms with Crippen molar-refractivity contribution in [2.24, 2.45) is 5.41 Å². The van der Waals surface area contributed by atoms with E-state index in [9.17, 15) is 0 Å². The maximum absolute atomic E-state index is 8.94. The minimum absolute atomic E-state index is 0.0858. The number of hydrogen-bond donors (Lipinski definition) is 1. The molecule has 2 heteroatoms. The van der Waals surface area contributed by atoms with Crippen molar-refractivity contribution in [2.75, 3.05) is 6.61 Å². The summed E-state index contributed by atoms with van der Waals surface area (Å²) in [7, 11) is 0. The van der Waals surface area contributed by atoms with E-state index in [1.807, 2.05) is 19.1 Å². The molecule has 0 radical (unpaired) electrons. The zero-order valence-electron chi connectivity index (χ0n) is 18.7. The summed E-state index contributed by atoms with van der Waals surface area (Å²) < 4.78 is 1.31. The number of benzene rings is 1. The maximum Gasteiger partial charge on any atom is 0.0617 e. The Hall–Kier alpha value is -1.39. The molecule has 1 unspecified atom stereocenters. The third kappa shape index (κ3) is 6.29. The van der Waals surface area contributed by atoms with E-state index < -0.39 is 0 Å². The second-order valence-corrected chi connectivity index (χ2v) is 9.99. The van der Waals surface area contributed by atoms with Gasteiger partial charge in [0.1, 0.15) is 0 Å². The van der Waals surface area contributed by atoms with E-state index in [1.165, 1.54) is 37.8 Å². The van der Waals surface area contributed by atoms with Gasteiger partial charge >= 0.3 is 0 Å². The molecule has 1 aromatic carbocycles. The van der Waals surface area contributed by atoms with Gasteiger partial charge in [-0.05, 0) is 103 Å². The van der Waals surface area contributed by atoms with Gasteiger partial charge in [0.15, 0.2) is 0 Å². The highest BCUT2D eigenvalue weighted by atomic mass is 127. The van der Waals surface area contributed by atoms with Crippen LogP contribution in [0, 0.1) is 15.9 Å².